The molecule has 0 aromatic carbocycles. The van der Waals surface area contributed by atoms with Crippen molar-refractivity contribution < 1.29 is 0 Å². The van der Waals surface area contributed by atoms with Gasteiger partial charge in [0.05, 0.1) is 0 Å². The van der Waals surface area contributed by atoms with Crippen LogP contribution in [0.3, 0.4) is 0 Å². The number of aromatic amines is 1. The van der Waals surface area contributed by atoms with Crippen LogP contribution in [0.5, 0.6) is 0 Å². The van der Waals surface area contributed by atoms with Crippen LogP contribution >= 0.6 is 0 Å². The van der Waals surface area contributed by atoms with Crippen molar-refractivity contribution in [3.05, 3.63) is 46.4 Å². The Balaban J connectivity index is 2.13. The third kappa shape index (κ3) is 2.42. The van der Waals surface area contributed by atoms with E-state index in [1.807, 2.05) is 12.1 Å². The minimum absolute atomic E-state index is 0.00508. The lowest BCUT2D eigenvalue weighted by Crippen LogP contribution is -2.27. The number of hydrogen-bond acceptors (Lipinski definition) is 2. The predicted octanol–water partition coefficient (Wildman–Crippen LogP) is 1.92. The van der Waals surface area contributed by atoms with Gasteiger partial charge in [0.1, 0.15) is 0 Å². The van der Waals surface area contributed by atoms with Crippen molar-refractivity contribution in [2.75, 3.05) is 6.54 Å². The number of fused-ring (bicyclic) bond motifs is 1. The van der Waals surface area contributed by atoms with Gasteiger partial charge in [0.25, 0.3) is 0 Å². The standard InChI is InChI=1S/C13H18N2O/c1-2-3-9-14-11-5-4-6-12-10(11)7-8-13(16)15-12/h2,7-8,11,14H,1,3-6,9H2,(H,15,16). The molecule has 1 aliphatic carbocycles. The highest BCUT2D eigenvalue weighted by atomic mass is 16.1. The smallest absolute Gasteiger partial charge is 0.248 e. The van der Waals surface area contributed by atoms with Gasteiger partial charge in [-0.25, -0.2) is 0 Å². The largest absolute Gasteiger partial charge is 0.326 e. The average molecular weight is 218 g/mol. The molecule has 0 bridgehead atoms. The van der Waals surface area contributed by atoms with Crippen LogP contribution in [-0.2, 0) is 6.42 Å². The minimum Gasteiger partial charge on any atom is -0.326 e. The van der Waals surface area contributed by atoms with E-state index in [-0.39, 0.29) is 5.56 Å². The first kappa shape index (κ1) is 11.1. The maximum absolute atomic E-state index is 11.2. The Hall–Kier alpha value is -1.35. The molecule has 1 aliphatic rings. The zero-order chi connectivity index (χ0) is 11.4. The van der Waals surface area contributed by atoms with Crippen molar-refractivity contribution in [2.45, 2.75) is 31.7 Å². The lowest BCUT2D eigenvalue weighted by Gasteiger charge is -2.25. The monoisotopic (exact) mass is 218 g/mol. The molecule has 0 saturated heterocycles. The van der Waals surface area contributed by atoms with Gasteiger partial charge >= 0.3 is 0 Å². The molecule has 86 valence electrons. The molecule has 1 aromatic rings. The highest BCUT2D eigenvalue weighted by molar-refractivity contribution is 5.26. The van der Waals surface area contributed by atoms with Crippen LogP contribution in [0.15, 0.2) is 29.6 Å². The molecule has 1 heterocycles. The van der Waals surface area contributed by atoms with Gasteiger partial charge in [-0.3, -0.25) is 4.79 Å². The van der Waals surface area contributed by atoms with Crippen LogP contribution in [0, 0.1) is 0 Å². The van der Waals surface area contributed by atoms with E-state index in [1.54, 1.807) is 6.07 Å². The second-order valence-electron chi connectivity index (χ2n) is 4.23. The Labute approximate surface area is 95.6 Å². The van der Waals surface area contributed by atoms with Gasteiger partial charge < -0.3 is 10.3 Å². The lowest BCUT2D eigenvalue weighted by molar-refractivity contribution is 0.459. The van der Waals surface area contributed by atoms with Crippen LogP contribution in [0.4, 0.5) is 0 Å². The van der Waals surface area contributed by atoms with Crippen LogP contribution in [0.2, 0.25) is 0 Å². The van der Waals surface area contributed by atoms with Gasteiger partial charge in [-0.2, -0.15) is 0 Å². The topological polar surface area (TPSA) is 44.9 Å². The predicted molar refractivity (Wildman–Crippen MR) is 65.6 cm³/mol. The second kappa shape index (κ2) is 5.12. The summed E-state index contributed by atoms with van der Waals surface area (Å²) in [7, 11) is 0. The molecule has 1 unspecified atom stereocenters. The molecule has 3 nitrogen and oxygen atoms in total. The van der Waals surface area contributed by atoms with Crippen molar-refractivity contribution in [1.29, 1.82) is 0 Å². The average Bonchev–Trinajstić information content (AvgIpc) is 2.29. The summed E-state index contributed by atoms with van der Waals surface area (Å²) in [6, 6.07) is 3.96. The summed E-state index contributed by atoms with van der Waals surface area (Å²) in [5.74, 6) is 0. The SMILES string of the molecule is C=CCCNC1CCCc2[nH]c(=O)ccc21. The Morgan fingerprint density at radius 3 is 3.25 bits per heavy atom. The van der Waals surface area contributed by atoms with Gasteiger partial charge in [0.2, 0.25) is 5.56 Å². The molecule has 2 rings (SSSR count). The molecule has 0 radical (unpaired) electrons. The molecular weight excluding hydrogens is 200 g/mol. The summed E-state index contributed by atoms with van der Waals surface area (Å²) < 4.78 is 0. The van der Waals surface area contributed by atoms with Crippen LogP contribution in [0.1, 0.15) is 36.6 Å². The molecule has 0 spiro atoms. The summed E-state index contributed by atoms with van der Waals surface area (Å²) in [5.41, 5.74) is 2.37. The number of aromatic nitrogens is 1. The highest BCUT2D eigenvalue weighted by Gasteiger charge is 2.19. The number of aryl methyl sites for hydroxylation is 1. The van der Waals surface area contributed by atoms with E-state index >= 15 is 0 Å². The highest BCUT2D eigenvalue weighted by Crippen LogP contribution is 2.27. The Morgan fingerprint density at radius 1 is 1.56 bits per heavy atom. The Morgan fingerprint density at radius 2 is 2.44 bits per heavy atom. The molecule has 0 amide bonds. The number of nitrogens with one attached hydrogen (secondary N) is 2. The van der Waals surface area contributed by atoms with E-state index in [0.717, 1.165) is 37.9 Å². The molecule has 1 aromatic heterocycles. The van der Waals surface area contributed by atoms with E-state index in [2.05, 4.69) is 16.9 Å². The van der Waals surface area contributed by atoms with Crippen LogP contribution in [-0.4, -0.2) is 11.5 Å². The van der Waals surface area contributed by atoms with Crippen molar-refractivity contribution in [2.24, 2.45) is 0 Å². The van der Waals surface area contributed by atoms with Gasteiger partial charge in [0.15, 0.2) is 0 Å². The first-order valence-electron chi connectivity index (χ1n) is 5.87. The molecule has 3 heteroatoms. The second-order valence-corrected chi connectivity index (χ2v) is 4.23. The van der Waals surface area contributed by atoms with Crippen molar-refractivity contribution >= 4 is 0 Å². The number of pyridine rings is 1. The quantitative estimate of drug-likeness (QED) is 0.599. The van der Waals surface area contributed by atoms with Crippen molar-refractivity contribution in [3.8, 4) is 0 Å². The Kier molecular flexibility index (Phi) is 3.57. The number of H-pyrrole nitrogens is 1. The molecule has 16 heavy (non-hydrogen) atoms. The van der Waals surface area contributed by atoms with E-state index in [1.165, 1.54) is 5.56 Å². The fourth-order valence-corrected chi connectivity index (χ4v) is 2.27. The maximum atomic E-state index is 11.2. The molecule has 0 fully saturated rings. The van der Waals surface area contributed by atoms with Crippen LogP contribution < -0.4 is 10.9 Å². The molecule has 2 N–H and O–H groups in total. The summed E-state index contributed by atoms with van der Waals surface area (Å²) in [5, 5.41) is 3.50. The van der Waals surface area contributed by atoms with Gasteiger partial charge in [-0.1, -0.05) is 12.1 Å². The van der Waals surface area contributed by atoms with Gasteiger partial charge in [0, 0.05) is 17.8 Å². The van der Waals surface area contributed by atoms with E-state index in [4.69, 9.17) is 0 Å². The van der Waals surface area contributed by atoms with Crippen LogP contribution in [0.25, 0.3) is 0 Å². The normalized spacial score (nSPS) is 19.1. The lowest BCUT2D eigenvalue weighted by atomic mass is 9.91. The van der Waals surface area contributed by atoms with E-state index in [9.17, 15) is 4.79 Å². The zero-order valence-electron chi connectivity index (χ0n) is 9.46. The van der Waals surface area contributed by atoms with Crippen molar-refractivity contribution in [1.82, 2.24) is 10.3 Å². The third-order valence-corrected chi connectivity index (χ3v) is 3.07. The summed E-state index contributed by atoms with van der Waals surface area (Å²) >= 11 is 0. The fourth-order valence-electron chi connectivity index (χ4n) is 2.27. The van der Waals surface area contributed by atoms with Crippen molar-refractivity contribution in [3.63, 3.8) is 0 Å². The number of rotatable bonds is 4. The molecular formula is C13H18N2O. The summed E-state index contributed by atoms with van der Waals surface area (Å²) in [4.78, 5) is 14.2. The summed E-state index contributed by atoms with van der Waals surface area (Å²) in [6.45, 7) is 4.66. The minimum atomic E-state index is 0.00508. The molecule has 0 aliphatic heterocycles. The third-order valence-electron chi connectivity index (χ3n) is 3.07. The van der Waals surface area contributed by atoms with Gasteiger partial charge in [-0.05, 0) is 37.8 Å². The summed E-state index contributed by atoms with van der Waals surface area (Å²) in [6.07, 6.45) is 6.18. The fraction of sp³-hybridized carbons (Fsp3) is 0.462. The van der Waals surface area contributed by atoms with Gasteiger partial charge in [-0.15, -0.1) is 6.58 Å². The molecule has 1 atom stereocenters. The van der Waals surface area contributed by atoms with E-state index < -0.39 is 0 Å². The first-order chi connectivity index (χ1) is 7.81. The number of hydrogen-bond donors (Lipinski definition) is 2. The maximum Gasteiger partial charge on any atom is 0.248 e. The first-order valence-corrected chi connectivity index (χ1v) is 5.87. The molecule has 0 saturated carbocycles. The van der Waals surface area contributed by atoms with E-state index in [0.29, 0.717) is 6.04 Å². The zero-order valence-corrected chi connectivity index (χ0v) is 9.46. The Bertz CT molecular complexity index is 422.